The lowest BCUT2D eigenvalue weighted by Crippen LogP contribution is -2.24. The monoisotopic (exact) mass is 387 g/mol. The van der Waals surface area contributed by atoms with Crippen molar-refractivity contribution >= 4 is 5.91 Å². The average molecular weight is 388 g/mol. The third-order valence-electron chi connectivity index (χ3n) is 5.66. The van der Waals surface area contributed by atoms with Crippen molar-refractivity contribution in [1.29, 1.82) is 0 Å². The number of hydrogen-bond donors (Lipinski definition) is 1. The molecule has 2 heteroatoms. The highest BCUT2D eigenvalue weighted by atomic mass is 16.1. The molecule has 1 rings (SSSR count). The topological polar surface area (TPSA) is 29.1 Å². The standard InChI is InChI=1S/C26H45NO/c1-4-5-6-7-8-9-10-11-12-13-14-15-16-17-22-27-26(28)25-20-18-24(19-21-25)23(2)3/h18-21,23H,4-17,22H2,1-3H3,(H,27,28). The van der Waals surface area contributed by atoms with Gasteiger partial charge in [0.2, 0.25) is 0 Å². The molecular weight excluding hydrogens is 342 g/mol. The fraction of sp³-hybridized carbons (Fsp3) is 0.731. The van der Waals surface area contributed by atoms with Gasteiger partial charge in [0.05, 0.1) is 0 Å². The summed E-state index contributed by atoms with van der Waals surface area (Å²) in [4.78, 5) is 12.1. The van der Waals surface area contributed by atoms with Crippen molar-refractivity contribution in [3.63, 3.8) is 0 Å². The zero-order valence-electron chi connectivity index (χ0n) is 18.9. The van der Waals surface area contributed by atoms with Crippen LogP contribution in [0.4, 0.5) is 0 Å². The second-order valence-electron chi connectivity index (χ2n) is 8.63. The molecule has 0 spiro atoms. The molecule has 0 aliphatic rings. The molecule has 28 heavy (non-hydrogen) atoms. The molecule has 1 aromatic rings. The van der Waals surface area contributed by atoms with E-state index < -0.39 is 0 Å². The van der Waals surface area contributed by atoms with Gasteiger partial charge in [-0.15, -0.1) is 0 Å². The number of benzene rings is 1. The van der Waals surface area contributed by atoms with Gasteiger partial charge in [0.25, 0.3) is 5.91 Å². The first-order chi connectivity index (χ1) is 13.6. The highest BCUT2D eigenvalue weighted by Crippen LogP contribution is 2.15. The van der Waals surface area contributed by atoms with E-state index in [1.165, 1.54) is 89.0 Å². The van der Waals surface area contributed by atoms with Crippen molar-refractivity contribution in [1.82, 2.24) is 5.32 Å². The van der Waals surface area contributed by atoms with Crippen LogP contribution in [-0.2, 0) is 0 Å². The van der Waals surface area contributed by atoms with E-state index in [0.29, 0.717) is 5.92 Å². The molecule has 0 radical (unpaired) electrons. The first-order valence-electron chi connectivity index (χ1n) is 12.0. The Balaban J connectivity index is 1.89. The largest absolute Gasteiger partial charge is 0.352 e. The predicted octanol–water partition coefficient (Wildman–Crippen LogP) is 8.02. The van der Waals surface area contributed by atoms with E-state index in [2.05, 4.69) is 38.2 Å². The number of carbonyl (C=O) groups excluding carboxylic acids is 1. The zero-order chi connectivity index (χ0) is 20.5. The molecule has 1 N–H and O–H groups in total. The summed E-state index contributed by atoms with van der Waals surface area (Å²) in [5, 5.41) is 3.05. The number of amides is 1. The van der Waals surface area contributed by atoms with E-state index in [0.717, 1.165) is 18.5 Å². The summed E-state index contributed by atoms with van der Waals surface area (Å²) < 4.78 is 0. The zero-order valence-corrected chi connectivity index (χ0v) is 18.9. The van der Waals surface area contributed by atoms with Crippen LogP contribution >= 0.6 is 0 Å². The molecule has 0 aliphatic carbocycles. The van der Waals surface area contributed by atoms with Crippen LogP contribution in [-0.4, -0.2) is 12.5 Å². The second kappa shape index (κ2) is 16.6. The van der Waals surface area contributed by atoms with Crippen LogP contribution in [0.15, 0.2) is 24.3 Å². The van der Waals surface area contributed by atoms with Gasteiger partial charge in [-0.2, -0.15) is 0 Å². The van der Waals surface area contributed by atoms with E-state index in [1.54, 1.807) is 0 Å². The number of nitrogens with one attached hydrogen (secondary N) is 1. The Bertz CT molecular complexity index is 492. The van der Waals surface area contributed by atoms with Crippen molar-refractivity contribution in [3.8, 4) is 0 Å². The molecule has 160 valence electrons. The Kier molecular flexibility index (Phi) is 14.7. The van der Waals surface area contributed by atoms with Crippen molar-refractivity contribution in [3.05, 3.63) is 35.4 Å². The first kappa shape index (κ1) is 24.7. The Hall–Kier alpha value is -1.31. The lowest BCUT2D eigenvalue weighted by molar-refractivity contribution is 0.0953. The summed E-state index contributed by atoms with van der Waals surface area (Å²) in [6.07, 6.45) is 19.1. The van der Waals surface area contributed by atoms with Gasteiger partial charge in [0.15, 0.2) is 0 Å². The lowest BCUT2D eigenvalue weighted by atomic mass is 10.0. The van der Waals surface area contributed by atoms with Crippen LogP contribution in [0.3, 0.4) is 0 Å². The lowest BCUT2D eigenvalue weighted by Gasteiger charge is -2.08. The summed E-state index contributed by atoms with van der Waals surface area (Å²) in [6.45, 7) is 7.42. The van der Waals surface area contributed by atoms with Crippen LogP contribution in [0.5, 0.6) is 0 Å². The number of unbranched alkanes of at least 4 members (excludes halogenated alkanes) is 13. The van der Waals surface area contributed by atoms with Gasteiger partial charge in [0, 0.05) is 12.1 Å². The van der Waals surface area contributed by atoms with E-state index in [-0.39, 0.29) is 5.91 Å². The third-order valence-corrected chi connectivity index (χ3v) is 5.66. The van der Waals surface area contributed by atoms with Crippen molar-refractivity contribution in [2.75, 3.05) is 6.54 Å². The molecule has 0 saturated heterocycles. The second-order valence-corrected chi connectivity index (χ2v) is 8.63. The third kappa shape index (κ3) is 12.2. The molecule has 0 atom stereocenters. The Labute approximate surface area is 174 Å². The van der Waals surface area contributed by atoms with Gasteiger partial charge in [0.1, 0.15) is 0 Å². The molecular formula is C26H45NO. The molecule has 0 fully saturated rings. The Morgan fingerprint density at radius 2 is 1.14 bits per heavy atom. The molecule has 0 aliphatic heterocycles. The molecule has 1 amide bonds. The molecule has 0 bridgehead atoms. The highest BCUT2D eigenvalue weighted by molar-refractivity contribution is 5.94. The summed E-state index contributed by atoms with van der Waals surface area (Å²) in [7, 11) is 0. The van der Waals surface area contributed by atoms with Crippen LogP contribution in [0.1, 0.15) is 133 Å². The van der Waals surface area contributed by atoms with Gasteiger partial charge < -0.3 is 5.32 Å². The van der Waals surface area contributed by atoms with Crippen LogP contribution in [0.2, 0.25) is 0 Å². The van der Waals surface area contributed by atoms with Gasteiger partial charge in [-0.1, -0.05) is 116 Å². The van der Waals surface area contributed by atoms with Gasteiger partial charge >= 0.3 is 0 Å². The summed E-state index contributed by atoms with van der Waals surface area (Å²) in [6, 6.07) is 8.00. The Morgan fingerprint density at radius 1 is 0.714 bits per heavy atom. The van der Waals surface area contributed by atoms with Crippen LogP contribution in [0, 0.1) is 0 Å². The van der Waals surface area contributed by atoms with Crippen molar-refractivity contribution in [2.45, 2.75) is 117 Å². The normalized spacial score (nSPS) is 11.1. The molecule has 0 heterocycles. The fourth-order valence-corrected chi connectivity index (χ4v) is 3.64. The molecule has 0 aromatic heterocycles. The number of hydrogen-bond acceptors (Lipinski definition) is 1. The minimum atomic E-state index is 0.0602. The van der Waals surface area contributed by atoms with Gasteiger partial charge in [-0.3, -0.25) is 4.79 Å². The molecule has 1 aromatic carbocycles. The first-order valence-corrected chi connectivity index (χ1v) is 12.0. The summed E-state index contributed by atoms with van der Waals surface area (Å²) in [5.74, 6) is 0.567. The maximum absolute atomic E-state index is 12.1. The van der Waals surface area contributed by atoms with Crippen molar-refractivity contribution < 1.29 is 4.79 Å². The Morgan fingerprint density at radius 3 is 1.57 bits per heavy atom. The smallest absolute Gasteiger partial charge is 0.251 e. The summed E-state index contributed by atoms with van der Waals surface area (Å²) >= 11 is 0. The number of rotatable bonds is 17. The quantitative estimate of drug-likeness (QED) is 0.269. The van der Waals surface area contributed by atoms with Gasteiger partial charge in [-0.05, 0) is 30.0 Å². The van der Waals surface area contributed by atoms with E-state index in [4.69, 9.17) is 0 Å². The number of carbonyl (C=O) groups is 1. The highest BCUT2D eigenvalue weighted by Gasteiger charge is 2.05. The minimum Gasteiger partial charge on any atom is -0.352 e. The summed E-state index contributed by atoms with van der Waals surface area (Å²) in [5.41, 5.74) is 2.05. The molecule has 2 nitrogen and oxygen atoms in total. The SMILES string of the molecule is CCCCCCCCCCCCCCCCNC(=O)c1ccc(C(C)C)cc1. The maximum atomic E-state index is 12.1. The van der Waals surface area contributed by atoms with E-state index >= 15 is 0 Å². The molecule has 0 unspecified atom stereocenters. The van der Waals surface area contributed by atoms with Crippen molar-refractivity contribution in [2.24, 2.45) is 0 Å². The average Bonchev–Trinajstić information content (AvgIpc) is 2.70. The molecule has 0 saturated carbocycles. The maximum Gasteiger partial charge on any atom is 0.251 e. The fourth-order valence-electron chi connectivity index (χ4n) is 3.64. The van der Waals surface area contributed by atoms with Gasteiger partial charge in [-0.25, -0.2) is 0 Å². The minimum absolute atomic E-state index is 0.0602. The van der Waals surface area contributed by atoms with E-state index in [9.17, 15) is 4.79 Å². The van der Waals surface area contributed by atoms with Crippen LogP contribution in [0.25, 0.3) is 0 Å². The predicted molar refractivity (Wildman–Crippen MR) is 123 cm³/mol. The van der Waals surface area contributed by atoms with Crippen LogP contribution < -0.4 is 5.32 Å². The van der Waals surface area contributed by atoms with E-state index in [1.807, 2.05) is 12.1 Å².